The summed E-state index contributed by atoms with van der Waals surface area (Å²) in [5, 5.41) is 0.291. The van der Waals surface area contributed by atoms with Crippen LogP contribution in [0.5, 0.6) is 0 Å². The van der Waals surface area contributed by atoms with Crippen molar-refractivity contribution in [3.63, 3.8) is 0 Å². The average Bonchev–Trinajstić information content (AvgIpc) is 2.01. The van der Waals surface area contributed by atoms with Crippen LogP contribution in [0.2, 0.25) is 0 Å². The molecule has 1 atom stereocenters. The predicted octanol–water partition coefficient (Wildman–Crippen LogP) is 4.06. The second kappa shape index (κ2) is 4.71. The molecule has 0 fully saturated rings. The maximum atomic E-state index is 6.03. The highest BCUT2D eigenvalue weighted by Crippen LogP contribution is 2.25. The maximum absolute atomic E-state index is 6.03. The van der Waals surface area contributed by atoms with Crippen LogP contribution in [0.1, 0.15) is 39.0 Å². The van der Waals surface area contributed by atoms with Crippen molar-refractivity contribution in [2.24, 2.45) is 0 Å². The van der Waals surface area contributed by atoms with E-state index in [1.54, 1.807) is 0 Å². The summed E-state index contributed by atoms with van der Waals surface area (Å²) in [6.07, 6.45) is 8.17. The van der Waals surface area contributed by atoms with E-state index in [-0.39, 0.29) is 0 Å². The second-order valence-corrected chi connectivity index (χ2v) is 4.25. The molecule has 1 aliphatic carbocycles. The molecular formula is C11H17Cl. The number of alkyl halides is 1. The molecule has 0 amide bonds. The van der Waals surface area contributed by atoms with Gasteiger partial charge in [-0.15, -0.1) is 18.2 Å². The van der Waals surface area contributed by atoms with Gasteiger partial charge in [0.25, 0.3) is 0 Å². The van der Waals surface area contributed by atoms with Crippen LogP contribution in [0.25, 0.3) is 0 Å². The molecule has 1 aliphatic rings. The van der Waals surface area contributed by atoms with E-state index < -0.39 is 0 Å². The lowest BCUT2D eigenvalue weighted by Crippen LogP contribution is -2.03. The Kier molecular flexibility index (Phi) is 3.87. The number of rotatable bonds is 3. The number of allylic oxidation sites excluding steroid dienone is 3. The highest BCUT2D eigenvalue weighted by molar-refractivity contribution is 6.21. The Hall–Kier alpha value is -0.230. The lowest BCUT2D eigenvalue weighted by atomic mass is 9.95. The molecule has 0 nitrogen and oxygen atoms in total. The first kappa shape index (κ1) is 9.85. The molecule has 0 saturated heterocycles. The number of hydrogen-bond acceptors (Lipinski definition) is 0. The minimum atomic E-state index is 0.291. The normalized spacial score (nSPS) is 23.5. The summed E-state index contributed by atoms with van der Waals surface area (Å²) in [5.74, 6) is 0. The van der Waals surface area contributed by atoms with Gasteiger partial charge in [0.15, 0.2) is 0 Å². The monoisotopic (exact) mass is 184 g/mol. The fraction of sp³-hybridized carbons (Fsp3) is 0.636. The molecule has 0 radical (unpaired) electrons. The quantitative estimate of drug-likeness (QED) is 0.459. The zero-order valence-corrected chi connectivity index (χ0v) is 8.53. The summed E-state index contributed by atoms with van der Waals surface area (Å²) < 4.78 is 0. The molecule has 0 saturated carbocycles. The Labute approximate surface area is 80.3 Å². The van der Waals surface area contributed by atoms with E-state index >= 15 is 0 Å². The van der Waals surface area contributed by atoms with Gasteiger partial charge < -0.3 is 0 Å². The Morgan fingerprint density at radius 3 is 3.08 bits per heavy atom. The van der Waals surface area contributed by atoms with Gasteiger partial charge in [-0.25, -0.2) is 0 Å². The molecule has 0 aromatic heterocycles. The summed E-state index contributed by atoms with van der Waals surface area (Å²) in [6.45, 7) is 5.98. The van der Waals surface area contributed by atoms with Crippen LogP contribution in [0.3, 0.4) is 0 Å². The molecule has 0 heterocycles. The van der Waals surface area contributed by atoms with Gasteiger partial charge in [-0.3, -0.25) is 0 Å². The molecule has 1 heteroatoms. The lowest BCUT2D eigenvalue weighted by Gasteiger charge is -2.16. The minimum absolute atomic E-state index is 0.291. The van der Waals surface area contributed by atoms with Crippen molar-refractivity contribution in [2.75, 3.05) is 0 Å². The van der Waals surface area contributed by atoms with Gasteiger partial charge in [-0.1, -0.05) is 17.2 Å². The third kappa shape index (κ3) is 3.44. The smallest absolute Gasteiger partial charge is 0.0518 e. The van der Waals surface area contributed by atoms with Crippen LogP contribution in [-0.4, -0.2) is 5.38 Å². The van der Waals surface area contributed by atoms with E-state index in [0.717, 1.165) is 12.8 Å². The standard InChI is InChI=1S/C11H17Cl/c1-9(2)6-7-10-4-3-5-11(12)8-10/h8,11H,1,3-7H2,2H3. The molecule has 1 unspecified atom stereocenters. The van der Waals surface area contributed by atoms with Crippen molar-refractivity contribution in [2.45, 2.75) is 44.4 Å². The van der Waals surface area contributed by atoms with Crippen molar-refractivity contribution in [1.29, 1.82) is 0 Å². The fourth-order valence-corrected chi connectivity index (χ4v) is 1.86. The van der Waals surface area contributed by atoms with Crippen LogP contribution in [0.4, 0.5) is 0 Å². The second-order valence-electron chi connectivity index (χ2n) is 3.69. The molecule has 0 spiro atoms. The molecule has 12 heavy (non-hydrogen) atoms. The highest BCUT2D eigenvalue weighted by atomic mass is 35.5. The van der Waals surface area contributed by atoms with E-state index in [1.807, 2.05) is 0 Å². The molecule has 0 aromatic rings. The first-order valence-corrected chi connectivity index (χ1v) is 5.10. The summed E-state index contributed by atoms with van der Waals surface area (Å²) in [4.78, 5) is 0. The third-order valence-electron chi connectivity index (χ3n) is 2.27. The topological polar surface area (TPSA) is 0 Å². The molecule has 1 rings (SSSR count). The summed E-state index contributed by atoms with van der Waals surface area (Å²) in [7, 11) is 0. The van der Waals surface area contributed by atoms with Gasteiger partial charge >= 0.3 is 0 Å². The zero-order valence-electron chi connectivity index (χ0n) is 7.78. The lowest BCUT2D eigenvalue weighted by molar-refractivity contribution is 0.677. The van der Waals surface area contributed by atoms with Gasteiger partial charge in [-0.05, 0) is 39.0 Å². The van der Waals surface area contributed by atoms with Gasteiger partial charge in [-0.2, -0.15) is 0 Å². The predicted molar refractivity (Wildman–Crippen MR) is 55.6 cm³/mol. The maximum Gasteiger partial charge on any atom is 0.0518 e. The van der Waals surface area contributed by atoms with E-state index in [2.05, 4.69) is 19.6 Å². The number of hydrogen-bond donors (Lipinski definition) is 0. The van der Waals surface area contributed by atoms with Crippen molar-refractivity contribution in [3.8, 4) is 0 Å². The van der Waals surface area contributed by atoms with Crippen LogP contribution in [-0.2, 0) is 0 Å². The van der Waals surface area contributed by atoms with E-state index in [9.17, 15) is 0 Å². The Bertz CT molecular complexity index is 191. The average molecular weight is 185 g/mol. The molecule has 0 bridgehead atoms. The first-order valence-electron chi connectivity index (χ1n) is 4.66. The van der Waals surface area contributed by atoms with Crippen molar-refractivity contribution in [3.05, 3.63) is 23.8 Å². The van der Waals surface area contributed by atoms with Crippen LogP contribution < -0.4 is 0 Å². The van der Waals surface area contributed by atoms with Crippen molar-refractivity contribution < 1.29 is 0 Å². The molecule has 0 N–H and O–H groups in total. The SMILES string of the molecule is C=C(C)CCC1=CC(Cl)CCC1. The largest absolute Gasteiger partial charge is 0.118 e. The zero-order chi connectivity index (χ0) is 8.97. The fourth-order valence-electron chi connectivity index (χ4n) is 1.53. The summed E-state index contributed by atoms with van der Waals surface area (Å²) in [6, 6.07) is 0. The van der Waals surface area contributed by atoms with Crippen LogP contribution in [0.15, 0.2) is 23.8 Å². The van der Waals surface area contributed by atoms with E-state index in [1.165, 1.54) is 30.4 Å². The van der Waals surface area contributed by atoms with Crippen LogP contribution in [0, 0.1) is 0 Å². The minimum Gasteiger partial charge on any atom is -0.118 e. The highest BCUT2D eigenvalue weighted by Gasteiger charge is 2.10. The van der Waals surface area contributed by atoms with E-state index in [4.69, 9.17) is 11.6 Å². The van der Waals surface area contributed by atoms with Gasteiger partial charge in [0.2, 0.25) is 0 Å². The Balaban J connectivity index is 2.35. The van der Waals surface area contributed by atoms with Gasteiger partial charge in [0, 0.05) is 0 Å². The van der Waals surface area contributed by atoms with Crippen molar-refractivity contribution in [1.82, 2.24) is 0 Å². The van der Waals surface area contributed by atoms with Crippen LogP contribution >= 0.6 is 11.6 Å². The number of halogens is 1. The van der Waals surface area contributed by atoms with Crippen molar-refractivity contribution >= 4 is 11.6 Å². The van der Waals surface area contributed by atoms with Gasteiger partial charge in [0.05, 0.1) is 5.38 Å². The first-order chi connectivity index (χ1) is 5.68. The van der Waals surface area contributed by atoms with E-state index in [0.29, 0.717) is 5.38 Å². The third-order valence-corrected chi connectivity index (χ3v) is 2.61. The van der Waals surface area contributed by atoms with Gasteiger partial charge in [0.1, 0.15) is 0 Å². The summed E-state index contributed by atoms with van der Waals surface area (Å²) in [5.41, 5.74) is 2.80. The molecule has 0 aliphatic heterocycles. The Morgan fingerprint density at radius 1 is 1.75 bits per heavy atom. The molecule has 68 valence electrons. The summed E-state index contributed by atoms with van der Waals surface area (Å²) >= 11 is 6.03. The molecular weight excluding hydrogens is 168 g/mol. The molecule has 0 aromatic carbocycles. The Morgan fingerprint density at radius 2 is 2.50 bits per heavy atom.